The molecule has 0 heterocycles. The van der Waals surface area contributed by atoms with E-state index in [-0.39, 0.29) is 16.8 Å². The molecule has 2 unspecified atom stereocenters. The van der Waals surface area contributed by atoms with Crippen molar-refractivity contribution in [1.29, 1.82) is 0 Å². The van der Waals surface area contributed by atoms with Crippen LogP contribution in [0.5, 0.6) is 0 Å². The number of rotatable bonds is 4. The number of thioether (sulfide) groups is 1. The summed E-state index contributed by atoms with van der Waals surface area (Å²) in [7, 11) is 0. The highest BCUT2D eigenvalue weighted by Gasteiger charge is 2.28. The lowest BCUT2D eigenvalue weighted by atomic mass is 10.1. The first-order chi connectivity index (χ1) is 9.11. The number of nitrogens with one attached hydrogen (secondary N) is 1. The SMILES string of the molecule is CCSC1CCCC1NC(=O)c1ccc(F)c(S)c1. The molecule has 5 heteroatoms. The average molecular weight is 299 g/mol. The molecular formula is C14H18FNOS2. The summed E-state index contributed by atoms with van der Waals surface area (Å²) in [4.78, 5) is 12.3. The first-order valence-corrected chi connectivity index (χ1v) is 8.02. The van der Waals surface area contributed by atoms with E-state index < -0.39 is 5.82 Å². The van der Waals surface area contributed by atoms with Gasteiger partial charge in [-0.15, -0.1) is 12.6 Å². The van der Waals surface area contributed by atoms with E-state index in [0.717, 1.165) is 25.0 Å². The lowest BCUT2D eigenvalue weighted by Gasteiger charge is -2.20. The number of halogens is 1. The first-order valence-electron chi connectivity index (χ1n) is 6.52. The summed E-state index contributed by atoms with van der Waals surface area (Å²) in [5.41, 5.74) is 0.471. The van der Waals surface area contributed by atoms with Gasteiger partial charge in [0.2, 0.25) is 0 Å². The van der Waals surface area contributed by atoms with Crippen molar-refractivity contribution in [2.24, 2.45) is 0 Å². The predicted molar refractivity (Wildman–Crippen MR) is 80.7 cm³/mol. The Hall–Kier alpha value is -0.680. The van der Waals surface area contributed by atoms with Gasteiger partial charge in [-0.25, -0.2) is 4.39 Å². The molecule has 1 N–H and O–H groups in total. The van der Waals surface area contributed by atoms with Gasteiger partial charge in [0.05, 0.1) is 0 Å². The van der Waals surface area contributed by atoms with Crippen molar-refractivity contribution in [3.63, 3.8) is 0 Å². The fourth-order valence-corrected chi connectivity index (χ4v) is 3.82. The molecule has 1 aromatic rings. The Morgan fingerprint density at radius 3 is 3.00 bits per heavy atom. The van der Waals surface area contributed by atoms with E-state index in [1.54, 1.807) is 0 Å². The van der Waals surface area contributed by atoms with Gasteiger partial charge in [0.25, 0.3) is 5.91 Å². The smallest absolute Gasteiger partial charge is 0.251 e. The number of carbonyl (C=O) groups excluding carboxylic acids is 1. The summed E-state index contributed by atoms with van der Waals surface area (Å²) in [6, 6.07) is 4.49. The van der Waals surface area contributed by atoms with Crippen LogP contribution in [0, 0.1) is 5.82 Å². The van der Waals surface area contributed by atoms with Gasteiger partial charge < -0.3 is 5.32 Å². The van der Waals surface area contributed by atoms with Crippen molar-refractivity contribution >= 4 is 30.3 Å². The van der Waals surface area contributed by atoms with E-state index in [4.69, 9.17) is 0 Å². The molecule has 1 aliphatic rings. The maximum absolute atomic E-state index is 13.1. The molecule has 1 fully saturated rings. The third-order valence-electron chi connectivity index (χ3n) is 3.36. The van der Waals surface area contributed by atoms with Crippen LogP contribution in [0.2, 0.25) is 0 Å². The van der Waals surface area contributed by atoms with Crippen LogP contribution < -0.4 is 5.32 Å². The number of hydrogen-bond donors (Lipinski definition) is 2. The van der Waals surface area contributed by atoms with E-state index in [9.17, 15) is 9.18 Å². The number of carbonyl (C=O) groups is 1. The number of thiol groups is 1. The van der Waals surface area contributed by atoms with Crippen LogP contribution >= 0.6 is 24.4 Å². The van der Waals surface area contributed by atoms with Crippen molar-refractivity contribution in [3.05, 3.63) is 29.6 Å². The van der Waals surface area contributed by atoms with Gasteiger partial charge in [-0.1, -0.05) is 13.3 Å². The third kappa shape index (κ3) is 3.66. The van der Waals surface area contributed by atoms with Crippen LogP contribution in [0.1, 0.15) is 36.5 Å². The zero-order valence-corrected chi connectivity index (χ0v) is 12.6. The second-order valence-corrected chi connectivity index (χ2v) is 6.67. The lowest BCUT2D eigenvalue weighted by molar-refractivity contribution is 0.0938. The molecular weight excluding hydrogens is 281 g/mol. The molecule has 2 atom stereocenters. The Kier molecular flexibility index (Phi) is 5.16. The van der Waals surface area contributed by atoms with Gasteiger partial charge in [0.1, 0.15) is 5.82 Å². The molecule has 0 aliphatic heterocycles. The normalized spacial score (nSPS) is 22.5. The van der Waals surface area contributed by atoms with Crippen LogP contribution in [-0.4, -0.2) is 23.0 Å². The molecule has 0 bridgehead atoms. The monoisotopic (exact) mass is 299 g/mol. The van der Waals surface area contributed by atoms with E-state index >= 15 is 0 Å². The topological polar surface area (TPSA) is 29.1 Å². The second-order valence-electron chi connectivity index (χ2n) is 4.67. The molecule has 0 radical (unpaired) electrons. The van der Waals surface area contributed by atoms with Crippen molar-refractivity contribution in [2.45, 2.75) is 42.4 Å². The molecule has 0 spiro atoms. The molecule has 1 aliphatic carbocycles. The fourth-order valence-electron chi connectivity index (χ4n) is 2.41. The number of amides is 1. The van der Waals surface area contributed by atoms with E-state index in [0.29, 0.717) is 10.8 Å². The predicted octanol–water partition coefficient (Wildman–Crippen LogP) is 3.52. The Morgan fingerprint density at radius 1 is 1.53 bits per heavy atom. The standard InChI is InChI=1S/C14H18FNOS2/c1-2-19-13-5-3-4-11(13)16-14(17)9-6-7-10(15)12(18)8-9/h6-8,11,13,18H,2-5H2,1H3,(H,16,17). The van der Waals surface area contributed by atoms with Crippen LogP contribution in [-0.2, 0) is 0 Å². The van der Waals surface area contributed by atoms with Crippen LogP contribution in [0.25, 0.3) is 0 Å². The fraction of sp³-hybridized carbons (Fsp3) is 0.500. The summed E-state index contributed by atoms with van der Waals surface area (Å²) in [6.45, 7) is 2.13. The molecule has 0 aromatic heterocycles. The van der Waals surface area contributed by atoms with Crippen molar-refractivity contribution < 1.29 is 9.18 Å². The Balaban J connectivity index is 2.02. The van der Waals surface area contributed by atoms with Crippen LogP contribution in [0.15, 0.2) is 23.1 Å². The van der Waals surface area contributed by atoms with Crippen LogP contribution in [0.4, 0.5) is 4.39 Å². The molecule has 0 saturated heterocycles. The van der Waals surface area contributed by atoms with Gasteiger partial charge in [-0.3, -0.25) is 4.79 Å². The summed E-state index contributed by atoms with van der Waals surface area (Å²) in [6.07, 6.45) is 3.34. The minimum absolute atomic E-state index is 0.135. The van der Waals surface area contributed by atoms with E-state index in [1.165, 1.54) is 18.2 Å². The maximum atomic E-state index is 13.1. The Labute approximate surface area is 123 Å². The number of benzene rings is 1. The van der Waals surface area contributed by atoms with Crippen molar-refractivity contribution in [2.75, 3.05) is 5.75 Å². The van der Waals surface area contributed by atoms with E-state index in [2.05, 4.69) is 24.9 Å². The zero-order valence-electron chi connectivity index (χ0n) is 10.9. The maximum Gasteiger partial charge on any atom is 0.251 e. The Morgan fingerprint density at radius 2 is 2.32 bits per heavy atom. The first kappa shape index (κ1) is 14.7. The van der Waals surface area contributed by atoms with Crippen molar-refractivity contribution in [1.82, 2.24) is 5.32 Å². The minimum atomic E-state index is -0.403. The summed E-state index contributed by atoms with van der Waals surface area (Å²) < 4.78 is 13.1. The third-order valence-corrected chi connectivity index (χ3v) is 5.03. The largest absolute Gasteiger partial charge is 0.348 e. The van der Waals surface area contributed by atoms with E-state index in [1.807, 2.05) is 11.8 Å². The van der Waals surface area contributed by atoms with Crippen molar-refractivity contribution in [3.8, 4) is 0 Å². The summed E-state index contributed by atoms with van der Waals surface area (Å²) in [5.74, 6) is 0.526. The highest BCUT2D eigenvalue weighted by Crippen LogP contribution is 2.30. The van der Waals surface area contributed by atoms with Gasteiger partial charge in [0.15, 0.2) is 0 Å². The Bertz CT molecular complexity index is 467. The number of hydrogen-bond acceptors (Lipinski definition) is 3. The molecule has 19 heavy (non-hydrogen) atoms. The van der Waals surface area contributed by atoms with Gasteiger partial charge in [-0.05, 0) is 36.8 Å². The molecule has 1 aromatic carbocycles. The van der Waals surface area contributed by atoms with Gasteiger partial charge in [-0.2, -0.15) is 11.8 Å². The van der Waals surface area contributed by atoms with Crippen LogP contribution in [0.3, 0.4) is 0 Å². The molecule has 1 amide bonds. The minimum Gasteiger partial charge on any atom is -0.348 e. The zero-order chi connectivity index (χ0) is 13.8. The molecule has 104 valence electrons. The second kappa shape index (κ2) is 6.66. The summed E-state index contributed by atoms with van der Waals surface area (Å²) in [5, 5.41) is 3.57. The highest BCUT2D eigenvalue weighted by molar-refractivity contribution is 7.99. The quantitative estimate of drug-likeness (QED) is 0.833. The molecule has 2 rings (SSSR count). The molecule has 2 nitrogen and oxygen atoms in total. The van der Waals surface area contributed by atoms with Gasteiger partial charge in [0, 0.05) is 21.8 Å². The average Bonchev–Trinajstić information content (AvgIpc) is 2.80. The van der Waals surface area contributed by atoms with Gasteiger partial charge >= 0.3 is 0 Å². The summed E-state index contributed by atoms with van der Waals surface area (Å²) >= 11 is 5.90. The lowest BCUT2D eigenvalue weighted by Crippen LogP contribution is -2.38. The molecule has 1 saturated carbocycles. The highest BCUT2D eigenvalue weighted by atomic mass is 32.2.